The first kappa shape index (κ1) is 28.3. The van der Waals surface area contributed by atoms with E-state index in [0.717, 1.165) is 17.2 Å². The van der Waals surface area contributed by atoms with E-state index in [1.165, 1.54) is 25.2 Å². The molecule has 1 aliphatic heterocycles. The summed E-state index contributed by atoms with van der Waals surface area (Å²) in [6, 6.07) is 5.55. The van der Waals surface area contributed by atoms with Gasteiger partial charge in [-0.25, -0.2) is 8.42 Å². The molecule has 0 bridgehead atoms. The minimum atomic E-state index is -5.17. The zero-order valence-electron chi connectivity index (χ0n) is 18.3. The van der Waals surface area contributed by atoms with Gasteiger partial charge in [-0.1, -0.05) is 22.8 Å². The minimum Gasteiger partial charge on any atom is -0.374 e. The summed E-state index contributed by atoms with van der Waals surface area (Å²) in [6.07, 6.45) is -10.2. The van der Waals surface area contributed by atoms with Gasteiger partial charge >= 0.3 is 12.4 Å². The number of nitrogens with zero attached hydrogens (tertiary/aromatic N) is 2. The van der Waals surface area contributed by atoms with Crippen LogP contribution in [0.2, 0.25) is 5.02 Å². The van der Waals surface area contributed by atoms with Crippen LogP contribution in [0.4, 0.5) is 32.0 Å². The molecule has 0 aliphatic carbocycles. The standard InChI is InChI=1S/C21H16BrClF6N2O4S/c1-31(18(32)10-36(2,33)34)17-4-3-11(5-15(17)22)16-9-19(35-30-16,21(27,28)29)12-6-13(20(24,25)26)8-14(23)7-12/h3-8H,9-10H2,1-2H3. The Hall–Kier alpha value is -2.32. The van der Waals surface area contributed by atoms with Gasteiger partial charge in [0.15, 0.2) is 9.84 Å². The Morgan fingerprint density at radius 1 is 1.17 bits per heavy atom. The van der Waals surface area contributed by atoms with Crippen molar-refractivity contribution in [1.82, 2.24) is 0 Å². The van der Waals surface area contributed by atoms with Crippen LogP contribution in [-0.2, 0) is 31.2 Å². The van der Waals surface area contributed by atoms with Crippen LogP contribution in [0.1, 0.15) is 23.1 Å². The molecule has 36 heavy (non-hydrogen) atoms. The number of hydrogen-bond donors (Lipinski definition) is 0. The van der Waals surface area contributed by atoms with Crippen LogP contribution in [0, 0.1) is 0 Å². The predicted molar refractivity (Wildman–Crippen MR) is 124 cm³/mol. The SMILES string of the molecule is CN(C(=O)CS(C)(=O)=O)c1ccc(C2=NOC(c3cc(Cl)cc(C(F)(F)F)c3)(C(F)(F)F)C2)cc1Br. The quantitative estimate of drug-likeness (QED) is 0.401. The molecule has 0 aromatic heterocycles. The highest BCUT2D eigenvalue weighted by Crippen LogP contribution is 2.50. The summed E-state index contributed by atoms with van der Waals surface area (Å²) in [7, 11) is -2.29. The molecule has 0 radical (unpaired) electrons. The van der Waals surface area contributed by atoms with Gasteiger partial charge < -0.3 is 9.74 Å². The highest BCUT2D eigenvalue weighted by molar-refractivity contribution is 9.10. The first-order valence-electron chi connectivity index (χ1n) is 9.78. The van der Waals surface area contributed by atoms with E-state index in [2.05, 4.69) is 21.1 Å². The van der Waals surface area contributed by atoms with E-state index in [1.807, 2.05) is 0 Å². The van der Waals surface area contributed by atoms with Crippen molar-refractivity contribution in [3.8, 4) is 0 Å². The number of anilines is 1. The summed E-state index contributed by atoms with van der Waals surface area (Å²) in [5.41, 5.74) is -5.34. The summed E-state index contributed by atoms with van der Waals surface area (Å²) < 4.78 is 105. The fourth-order valence-corrected chi connectivity index (χ4v) is 4.98. The van der Waals surface area contributed by atoms with Crippen LogP contribution in [-0.4, -0.2) is 45.3 Å². The molecule has 1 amide bonds. The van der Waals surface area contributed by atoms with Crippen molar-refractivity contribution >= 4 is 54.7 Å². The van der Waals surface area contributed by atoms with Crippen molar-refractivity contribution in [3.05, 3.63) is 62.6 Å². The zero-order chi connectivity index (χ0) is 27.3. The van der Waals surface area contributed by atoms with Gasteiger partial charge in [-0.2, -0.15) is 26.3 Å². The van der Waals surface area contributed by atoms with Gasteiger partial charge in [0.25, 0.3) is 5.60 Å². The number of alkyl halides is 6. The number of hydrogen-bond acceptors (Lipinski definition) is 5. The van der Waals surface area contributed by atoms with Gasteiger partial charge in [0.1, 0.15) is 5.75 Å². The normalized spacial score (nSPS) is 18.6. The first-order valence-corrected chi connectivity index (χ1v) is 13.0. The molecule has 15 heteroatoms. The summed E-state index contributed by atoms with van der Waals surface area (Å²) >= 11 is 8.89. The number of carbonyl (C=O) groups is 1. The summed E-state index contributed by atoms with van der Waals surface area (Å²) in [5, 5.41) is 2.95. The summed E-state index contributed by atoms with van der Waals surface area (Å²) in [4.78, 5) is 18.0. The third-order valence-corrected chi connectivity index (χ3v) is 6.90. The molecule has 2 aromatic carbocycles. The van der Waals surface area contributed by atoms with Crippen LogP contribution in [0.3, 0.4) is 0 Å². The molecule has 0 fully saturated rings. The second-order valence-corrected chi connectivity index (χ2v) is 11.5. The number of carbonyl (C=O) groups excluding carboxylic acids is 1. The molecule has 0 spiro atoms. The Labute approximate surface area is 214 Å². The van der Waals surface area contributed by atoms with Gasteiger partial charge in [0.05, 0.1) is 17.0 Å². The lowest BCUT2D eigenvalue weighted by Gasteiger charge is -2.30. The fraction of sp³-hybridized carbons (Fsp3) is 0.333. The van der Waals surface area contributed by atoms with E-state index in [9.17, 15) is 39.6 Å². The fourth-order valence-electron chi connectivity index (χ4n) is 3.46. The van der Waals surface area contributed by atoms with Crippen molar-refractivity contribution in [2.75, 3.05) is 24.0 Å². The molecule has 196 valence electrons. The smallest absolute Gasteiger partial charge is 0.374 e. The number of benzene rings is 2. The maximum Gasteiger partial charge on any atom is 0.435 e. The van der Waals surface area contributed by atoms with Gasteiger partial charge in [-0.05, 0) is 46.3 Å². The average molecular weight is 622 g/mol. The number of oxime groups is 1. The van der Waals surface area contributed by atoms with E-state index in [4.69, 9.17) is 16.4 Å². The molecule has 1 unspecified atom stereocenters. The maximum absolute atomic E-state index is 14.2. The number of sulfone groups is 1. The van der Waals surface area contributed by atoms with Crippen LogP contribution < -0.4 is 4.90 Å². The van der Waals surface area contributed by atoms with Gasteiger partial charge in [0, 0.05) is 40.3 Å². The largest absolute Gasteiger partial charge is 0.435 e. The average Bonchev–Trinajstić information content (AvgIpc) is 3.18. The van der Waals surface area contributed by atoms with Gasteiger partial charge in [-0.15, -0.1) is 0 Å². The van der Waals surface area contributed by atoms with Crippen molar-refractivity contribution < 1.29 is 44.4 Å². The second-order valence-electron chi connectivity index (χ2n) is 8.05. The first-order chi connectivity index (χ1) is 16.3. The number of rotatable bonds is 5. The van der Waals surface area contributed by atoms with E-state index in [-0.39, 0.29) is 21.4 Å². The van der Waals surface area contributed by atoms with Crippen LogP contribution >= 0.6 is 27.5 Å². The highest BCUT2D eigenvalue weighted by Gasteiger charge is 2.62. The van der Waals surface area contributed by atoms with Crippen LogP contribution in [0.25, 0.3) is 0 Å². The van der Waals surface area contributed by atoms with Gasteiger partial charge in [-0.3, -0.25) is 4.79 Å². The third kappa shape index (κ3) is 5.80. The van der Waals surface area contributed by atoms with E-state index < -0.39 is 62.0 Å². The van der Waals surface area contributed by atoms with Crippen molar-refractivity contribution in [3.63, 3.8) is 0 Å². The van der Waals surface area contributed by atoms with E-state index in [1.54, 1.807) is 0 Å². The lowest BCUT2D eigenvalue weighted by Crippen LogP contribution is -2.43. The molecular weight excluding hydrogens is 606 g/mol. The molecule has 1 aliphatic rings. The summed E-state index contributed by atoms with van der Waals surface area (Å²) in [6.45, 7) is 0. The molecule has 0 saturated carbocycles. The lowest BCUT2D eigenvalue weighted by atomic mass is 9.85. The van der Waals surface area contributed by atoms with Crippen LogP contribution in [0.5, 0.6) is 0 Å². The third-order valence-electron chi connectivity index (χ3n) is 5.28. The molecule has 6 nitrogen and oxygen atoms in total. The Kier molecular flexibility index (Phi) is 7.48. The molecule has 2 aromatic rings. The van der Waals surface area contributed by atoms with Gasteiger partial charge in [0.2, 0.25) is 5.91 Å². The van der Waals surface area contributed by atoms with Crippen molar-refractivity contribution in [1.29, 1.82) is 0 Å². The monoisotopic (exact) mass is 620 g/mol. The minimum absolute atomic E-state index is 0.124. The van der Waals surface area contributed by atoms with E-state index in [0.29, 0.717) is 12.1 Å². The highest BCUT2D eigenvalue weighted by atomic mass is 79.9. The molecular formula is C21H16BrClF6N2O4S. The van der Waals surface area contributed by atoms with Crippen molar-refractivity contribution in [2.24, 2.45) is 5.16 Å². The molecule has 1 atom stereocenters. The topological polar surface area (TPSA) is 76.0 Å². The van der Waals surface area contributed by atoms with Crippen molar-refractivity contribution in [2.45, 2.75) is 24.4 Å². The zero-order valence-corrected chi connectivity index (χ0v) is 21.5. The predicted octanol–water partition coefficient (Wildman–Crippen LogP) is 5.71. The molecule has 0 N–H and O–H groups in total. The Morgan fingerprint density at radius 2 is 1.81 bits per heavy atom. The second kappa shape index (κ2) is 9.53. The molecule has 1 heterocycles. The summed E-state index contributed by atoms with van der Waals surface area (Å²) in [5.74, 6) is -1.50. The van der Waals surface area contributed by atoms with E-state index >= 15 is 0 Å². The Morgan fingerprint density at radius 3 is 2.33 bits per heavy atom. The molecule has 0 saturated heterocycles. The molecule has 3 rings (SSSR count). The number of halogens is 8. The number of amides is 1. The lowest BCUT2D eigenvalue weighted by molar-refractivity contribution is -0.276. The van der Waals surface area contributed by atoms with Crippen LogP contribution in [0.15, 0.2) is 46.0 Å². The Balaban J connectivity index is 1.96. The maximum atomic E-state index is 14.2. The Bertz CT molecular complexity index is 1350.